The highest BCUT2D eigenvalue weighted by Crippen LogP contribution is 2.15. The van der Waals surface area contributed by atoms with Crippen molar-refractivity contribution in [3.05, 3.63) is 17.8 Å². The van der Waals surface area contributed by atoms with Crippen molar-refractivity contribution in [2.24, 2.45) is 0 Å². The molecule has 0 fully saturated rings. The van der Waals surface area contributed by atoms with Crippen LogP contribution in [0.25, 0.3) is 0 Å². The molecule has 1 aromatic heterocycles. The highest BCUT2D eigenvalue weighted by molar-refractivity contribution is 5.61. The zero-order valence-corrected chi connectivity index (χ0v) is 9.58. The molecule has 0 aliphatic carbocycles. The highest BCUT2D eigenvalue weighted by atomic mass is 16.5. The first kappa shape index (κ1) is 11.8. The van der Waals surface area contributed by atoms with Crippen LogP contribution in [0.2, 0.25) is 0 Å². The molecule has 0 bridgehead atoms. The molecular weight excluding hydrogens is 190 g/mol. The zero-order chi connectivity index (χ0) is 11.3. The Morgan fingerprint density at radius 2 is 2.27 bits per heavy atom. The van der Waals surface area contributed by atoms with Gasteiger partial charge in [0.2, 0.25) is 0 Å². The molecule has 0 spiro atoms. The SMILES string of the molecule is CCOC(C)CNc1nc(C)ccc1N. The number of rotatable bonds is 5. The Hall–Kier alpha value is -1.29. The largest absolute Gasteiger partial charge is 0.396 e. The second-order valence-electron chi connectivity index (χ2n) is 3.54. The van der Waals surface area contributed by atoms with Gasteiger partial charge in [-0.2, -0.15) is 0 Å². The molecule has 0 saturated heterocycles. The monoisotopic (exact) mass is 209 g/mol. The minimum Gasteiger partial charge on any atom is -0.396 e. The summed E-state index contributed by atoms with van der Waals surface area (Å²) in [6.07, 6.45) is 0.164. The van der Waals surface area contributed by atoms with E-state index in [9.17, 15) is 0 Å². The first-order chi connectivity index (χ1) is 7.13. The number of nitrogens with one attached hydrogen (secondary N) is 1. The lowest BCUT2D eigenvalue weighted by atomic mass is 10.3. The van der Waals surface area contributed by atoms with Crippen LogP contribution in [0.1, 0.15) is 19.5 Å². The summed E-state index contributed by atoms with van der Waals surface area (Å²) in [7, 11) is 0. The number of anilines is 2. The quantitative estimate of drug-likeness (QED) is 0.776. The summed E-state index contributed by atoms with van der Waals surface area (Å²) in [5.74, 6) is 0.738. The van der Waals surface area contributed by atoms with E-state index in [4.69, 9.17) is 10.5 Å². The predicted octanol–water partition coefficient (Wildman–Crippen LogP) is 1.81. The number of nitrogen functional groups attached to an aromatic ring is 1. The van der Waals surface area contributed by atoms with Gasteiger partial charge in [-0.3, -0.25) is 0 Å². The Bertz CT molecular complexity index is 315. The molecule has 15 heavy (non-hydrogen) atoms. The van der Waals surface area contributed by atoms with E-state index in [-0.39, 0.29) is 6.10 Å². The Balaban J connectivity index is 2.53. The standard InChI is InChI=1S/C11H19N3O/c1-4-15-9(3)7-13-11-10(12)6-5-8(2)14-11/h5-6,9H,4,7,12H2,1-3H3,(H,13,14). The highest BCUT2D eigenvalue weighted by Gasteiger charge is 2.04. The molecule has 0 radical (unpaired) electrons. The average molecular weight is 209 g/mol. The van der Waals surface area contributed by atoms with Gasteiger partial charge in [-0.1, -0.05) is 0 Å². The van der Waals surface area contributed by atoms with Gasteiger partial charge in [0.15, 0.2) is 0 Å². The maximum Gasteiger partial charge on any atom is 0.149 e. The molecule has 0 amide bonds. The Labute approximate surface area is 90.8 Å². The maximum absolute atomic E-state index is 5.78. The molecule has 1 rings (SSSR count). The van der Waals surface area contributed by atoms with Crippen LogP contribution in [-0.4, -0.2) is 24.2 Å². The first-order valence-electron chi connectivity index (χ1n) is 5.22. The van der Waals surface area contributed by atoms with E-state index in [1.165, 1.54) is 0 Å². The molecule has 1 heterocycles. The molecule has 3 N–H and O–H groups in total. The third-order valence-electron chi connectivity index (χ3n) is 2.07. The van der Waals surface area contributed by atoms with Gasteiger partial charge in [0.25, 0.3) is 0 Å². The molecule has 0 aromatic carbocycles. The van der Waals surface area contributed by atoms with Gasteiger partial charge in [-0.15, -0.1) is 0 Å². The summed E-state index contributed by atoms with van der Waals surface area (Å²) in [5.41, 5.74) is 7.41. The maximum atomic E-state index is 5.78. The van der Waals surface area contributed by atoms with Crippen molar-refractivity contribution >= 4 is 11.5 Å². The number of aromatic nitrogens is 1. The lowest BCUT2D eigenvalue weighted by Gasteiger charge is -2.14. The summed E-state index contributed by atoms with van der Waals surface area (Å²) in [5, 5.41) is 3.18. The first-order valence-corrected chi connectivity index (χ1v) is 5.22. The molecule has 0 aliphatic rings. The lowest BCUT2D eigenvalue weighted by Crippen LogP contribution is -2.20. The van der Waals surface area contributed by atoms with E-state index in [1.54, 1.807) is 0 Å². The molecule has 1 aromatic rings. The molecule has 1 unspecified atom stereocenters. The molecule has 4 heteroatoms. The van der Waals surface area contributed by atoms with E-state index in [2.05, 4.69) is 10.3 Å². The number of pyridine rings is 1. The summed E-state index contributed by atoms with van der Waals surface area (Å²) < 4.78 is 5.40. The average Bonchev–Trinajstić information content (AvgIpc) is 2.20. The summed E-state index contributed by atoms with van der Waals surface area (Å²) in [6, 6.07) is 3.75. The predicted molar refractivity (Wildman–Crippen MR) is 63.0 cm³/mol. The number of hydrogen-bond donors (Lipinski definition) is 2. The van der Waals surface area contributed by atoms with Gasteiger partial charge >= 0.3 is 0 Å². The van der Waals surface area contributed by atoms with Crippen molar-refractivity contribution in [3.63, 3.8) is 0 Å². The molecule has 84 valence electrons. The Morgan fingerprint density at radius 1 is 1.53 bits per heavy atom. The molecule has 0 aliphatic heterocycles. The molecule has 0 saturated carbocycles. The Morgan fingerprint density at radius 3 is 2.93 bits per heavy atom. The normalized spacial score (nSPS) is 12.5. The smallest absolute Gasteiger partial charge is 0.149 e. The summed E-state index contributed by atoms with van der Waals surface area (Å²) >= 11 is 0. The molecule has 1 atom stereocenters. The van der Waals surface area contributed by atoms with Crippen molar-refractivity contribution in [2.45, 2.75) is 26.9 Å². The van der Waals surface area contributed by atoms with E-state index >= 15 is 0 Å². The van der Waals surface area contributed by atoms with Gasteiger partial charge in [0, 0.05) is 18.8 Å². The van der Waals surface area contributed by atoms with Crippen LogP contribution in [0.15, 0.2) is 12.1 Å². The number of hydrogen-bond acceptors (Lipinski definition) is 4. The lowest BCUT2D eigenvalue weighted by molar-refractivity contribution is 0.0855. The molecule has 4 nitrogen and oxygen atoms in total. The van der Waals surface area contributed by atoms with Crippen LogP contribution < -0.4 is 11.1 Å². The van der Waals surface area contributed by atoms with E-state index in [0.717, 1.165) is 18.1 Å². The van der Waals surface area contributed by atoms with Crippen LogP contribution in [0.4, 0.5) is 11.5 Å². The van der Waals surface area contributed by atoms with Gasteiger partial charge in [-0.25, -0.2) is 4.98 Å². The van der Waals surface area contributed by atoms with E-state index in [0.29, 0.717) is 12.2 Å². The molecular formula is C11H19N3O. The van der Waals surface area contributed by atoms with Gasteiger partial charge in [0.05, 0.1) is 11.8 Å². The second kappa shape index (κ2) is 5.56. The minimum atomic E-state index is 0.164. The van der Waals surface area contributed by atoms with Crippen molar-refractivity contribution in [2.75, 3.05) is 24.2 Å². The topological polar surface area (TPSA) is 60.2 Å². The fourth-order valence-corrected chi connectivity index (χ4v) is 1.29. The third kappa shape index (κ3) is 3.75. The van der Waals surface area contributed by atoms with E-state index < -0.39 is 0 Å². The van der Waals surface area contributed by atoms with Crippen LogP contribution in [0.3, 0.4) is 0 Å². The third-order valence-corrected chi connectivity index (χ3v) is 2.07. The van der Waals surface area contributed by atoms with Gasteiger partial charge < -0.3 is 15.8 Å². The number of nitrogens with two attached hydrogens (primary N) is 1. The van der Waals surface area contributed by atoms with Crippen LogP contribution in [0.5, 0.6) is 0 Å². The number of aryl methyl sites for hydroxylation is 1. The van der Waals surface area contributed by atoms with Crippen LogP contribution >= 0.6 is 0 Å². The van der Waals surface area contributed by atoms with Crippen LogP contribution in [0, 0.1) is 6.92 Å². The Kier molecular flexibility index (Phi) is 4.37. The minimum absolute atomic E-state index is 0.164. The van der Waals surface area contributed by atoms with Crippen LogP contribution in [-0.2, 0) is 4.74 Å². The number of ether oxygens (including phenoxy) is 1. The second-order valence-corrected chi connectivity index (χ2v) is 3.54. The van der Waals surface area contributed by atoms with Crippen molar-refractivity contribution in [1.82, 2.24) is 4.98 Å². The van der Waals surface area contributed by atoms with E-state index in [1.807, 2.05) is 32.9 Å². The van der Waals surface area contributed by atoms with Crippen molar-refractivity contribution in [3.8, 4) is 0 Å². The van der Waals surface area contributed by atoms with Gasteiger partial charge in [-0.05, 0) is 32.9 Å². The van der Waals surface area contributed by atoms with Crippen molar-refractivity contribution < 1.29 is 4.74 Å². The number of nitrogens with zero attached hydrogens (tertiary/aromatic N) is 1. The fraction of sp³-hybridized carbons (Fsp3) is 0.545. The fourth-order valence-electron chi connectivity index (χ4n) is 1.29. The summed E-state index contributed by atoms with van der Waals surface area (Å²) in [4.78, 5) is 4.31. The zero-order valence-electron chi connectivity index (χ0n) is 9.58. The summed E-state index contributed by atoms with van der Waals surface area (Å²) in [6.45, 7) is 7.38. The van der Waals surface area contributed by atoms with Crippen molar-refractivity contribution in [1.29, 1.82) is 0 Å². The van der Waals surface area contributed by atoms with Gasteiger partial charge in [0.1, 0.15) is 5.82 Å².